The van der Waals surface area contributed by atoms with Crippen molar-refractivity contribution in [3.05, 3.63) is 72.1 Å². The molecule has 1 heterocycles. The lowest BCUT2D eigenvalue weighted by atomic mass is 10.0. The molecule has 3 rings (SSSR count). The number of aryl methyl sites for hydroxylation is 1. The van der Waals surface area contributed by atoms with Crippen LogP contribution in [0.3, 0.4) is 0 Å². The Morgan fingerprint density at radius 2 is 1.33 bits per heavy atom. The van der Waals surface area contributed by atoms with Gasteiger partial charge in [-0.3, -0.25) is 0 Å². The van der Waals surface area contributed by atoms with E-state index in [1.165, 1.54) is 38.2 Å². The van der Waals surface area contributed by atoms with Gasteiger partial charge in [0, 0.05) is 18.0 Å². The Balaban J connectivity index is 1.63. The summed E-state index contributed by atoms with van der Waals surface area (Å²) in [5, 5.41) is 0. The van der Waals surface area contributed by atoms with E-state index < -0.39 is 11.6 Å². The maximum atomic E-state index is 13.4. The van der Waals surface area contributed by atoms with Crippen molar-refractivity contribution in [2.24, 2.45) is 0 Å². The lowest BCUT2D eigenvalue weighted by Crippen LogP contribution is -1.93. The third kappa shape index (κ3) is 5.19. The van der Waals surface area contributed by atoms with Crippen molar-refractivity contribution in [2.45, 2.75) is 45.4 Å². The molecular weight excluding hydrogens is 342 g/mol. The van der Waals surface area contributed by atoms with Crippen molar-refractivity contribution < 1.29 is 8.78 Å². The number of hydrogen-bond donors (Lipinski definition) is 0. The third-order valence-electron chi connectivity index (χ3n) is 4.67. The van der Waals surface area contributed by atoms with Crippen LogP contribution in [0.1, 0.15) is 44.6 Å². The van der Waals surface area contributed by atoms with E-state index in [4.69, 9.17) is 0 Å². The number of hydrogen-bond acceptors (Lipinski definition) is 2. The highest BCUT2D eigenvalue weighted by atomic mass is 19.2. The van der Waals surface area contributed by atoms with Crippen LogP contribution < -0.4 is 0 Å². The third-order valence-corrected chi connectivity index (χ3v) is 4.67. The molecule has 0 aliphatic rings. The summed E-state index contributed by atoms with van der Waals surface area (Å²) in [6.45, 7) is 2.22. The van der Waals surface area contributed by atoms with Crippen LogP contribution in [0, 0.1) is 11.6 Å². The van der Waals surface area contributed by atoms with E-state index in [2.05, 4.69) is 16.9 Å². The van der Waals surface area contributed by atoms with Crippen molar-refractivity contribution in [3.63, 3.8) is 0 Å². The molecule has 27 heavy (non-hydrogen) atoms. The Kier molecular flexibility index (Phi) is 6.64. The molecule has 0 saturated carbocycles. The summed E-state index contributed by atoms with van der Waals surface area (Å²) in [4.78, 5) is 8.94. The minimum atomic E-state index is -0.842. The van der Waals surface area contributed by atoms with Crippen molar-refractivity contribution in [2.75, 3.05) is 0 Å². The SMILES string of the molecule is CCCCCCCc1cnc(-c2ccc(-c3ccc(F)c(F)c3)cc2)nc1. The molecule has 0 saturated heterocycles. The lowest BCUT2D eigenvalue weighted by molar-refractivity contribution is 0.509. The Labute approximate surface area is 159 Å². The second-order valence-electron chi connectivity index (χ2n) is 6.79. The lowest BCUT2D eigenvalue weighted by Gasteiger charge is -2.06. The maximum Gasteiger partial charge on any atom is 0.159 e. The molecule has 0 unspecified atom stereocenters. The summed E-state index contributed by atoms with van der Waals surface area (Å²) in [6, 6.07) is 11.4. The van der Waals surface area contributed by atoms with Gasteiger partial charge in [0.2, 0.25) is 0 Å². The van der Waals surface area contributed by atoms with E-state index in [0.29, 0.717) is 11.4 Å². The first kappa shape index (κ1) is 19.2. The summed E-state index contributed by atoms with van der Waals surface area (Å²) < 4.78 is 26.5. The van der Waals surface area contributed by atoms with E-state index in [0.717, 1.165) is 29.2 Å². The first-order chi connectivity index (χ1) is 13.2. The van der Waals surface area contributed by atoms with Crippen LogP contribution in [0.2, 0.25) is 0 Å². The normalized spacial score (nSPS) is 10.9. The average Bonchev–Trinajstić information content (AvgIpc) is 2.71. The van der Waals surface area contributed by atoms with Crippen molar-refractivity contribution >= 4 is 0 Å². The monoisotopic (exact) mass is 366 g/mol. The fourth-order valence-electron chi connectivity index (χ4n) is 3.05. The zero-order valence-corrected chi connectivity index (χ0v) is 15.6. The highest BCUT2D eigenvalue weighted by Gasteiger charge is 2.06. The van der Waals surface area contributed by atoms with Crippen LogP contribution >= 0.6 is 0 Å². The summed E-state index contributed by atoms with van der Waals surface area (Å²) in [7, 11) is 0. The van der Waals surface area contributed by atoms with E-state index >= 15 is 0 Å². The van der Waals surface area contributed by atoms with Gasteiger partial charge < -0.3 is 0 Å². The molecule has 140 valence electrons. The molecule has 0 amide bonds. The van der Waals surface area contributed by atoms with Gasteiger partial charge in [0.15, 0.2) is 17.5 Å². The fourth-order valence-corrected chi connectivity index (χ4v) is 3.05. The zero-order chi connectivity index (χ0) is 19.1. The molecule has 1 aromatic heterocycles. The quantitative estimate of drug-likeness (QED) is 0.420. The predicted octanol–water partition coefficient (Wildman–Crippen LogP) is 6.60. The van der Waals surface area contributed by atoms with Crippen molar-refractivity contribution in [3.8, 4) is 22.5 Å². The molecule has 0 bridgehead atoms. The number of aromatic nitrogens is 2. The Morgan fingerprint density at radius 1 is 0.704 bits per heavy atom. The van der Waals surface area contributed by atoms with Crippen LogP contribution in [-0.4, -0.2) is 9.97 Å². The maximum absolute atomic E-state index is 13.4. The van der Waals surface area contributed by atoms with Gasteiger partial charge in [-0.2, -0.15) is 0 Å². The van der Waals surface area contributed by atoms with E-state index in [-0.39, 0.29) is 0 Å². The molecule has 2 nitrogen and oxygen atoms in total. The molecule has 3 aromatic rings. The van der Waals surface area contributed by atoms with E-state index in [9.17, 15) is 8.78 Å². The molecule has 0 atom stereocenters. The average molecular weight is 366 g/mol. The van der Waals surface area contributed by atoms with Gasteiger partial charge in [-0.25, -0.2) is 18.7 Å². The first-order valence-corrected chi connectivity index (χ1v) is 9.54. The van der Waals surface area contributed by atoms with E-state index in [1.54, 1.807) is 6.07 Å². The number of rotatable bonds is 8. The van der Waals surface area contributed by atoms with Gasteiger partial charge >= 0.3 is 0 Å². The number of halogens is 2. The van der Waals surface area contributed by atoms with Crippen LogP contribution in [0.25, 0.3) is 22.5 Å². The minimum absolute atomic E-state index is 0.639. The highest BCUT2D eigenvalue weighted by Crippen LogP contribution is 2.24. The molecule has 2 aromatic carbocycles. The Hall–Kier alpha value is -2.62. The van der Waals surface area contributed by atoms with Crippen LogP contribution in [-0.2, 0) is 6.42 Å². The van der Waals surface area contributed by atoms with Gasteiger partial charge in [-0.1, -0.05) is 62.9 Å². The minimum Gasteiger partial charge on any atom is -0.236 e. The van der Waals surface area contributed by atoms with Gasteiger partial charge in [-0.05, 0) is 41.7 Å². The summed E-state index contributed by atoms with van der Waals surface area (Å²) in [6.07, 6.45) is 11.1. The second kappa shape index (κ2) is 9.36. The fraction of sp³-hybridized carbons (Fsp3) is 0.304. The van der Waals surface area contributed by atoms with E-state index in [1.807, 2.05) is 36.7 Å². The summed E-state index contributed by atoms with van der Waals surface area (Å²) in [5.41, 5.74) is 3.52. The van der Waals surface area contributed by atoms with Gasteiger partial charge in [-0.15, -0.1) is 0 Å². The molecule has 0 aliphatic carbocycles. The van der Waals surface area contributed by atoms with Crippen LogP contribution in [0.5, 0.6) is 0 Å². The molecule has 0 aliphatic heterocycles. The summed E-state index contributed by atoms with van der Waals surface area (Å²) in [5.74, 6) is -1.01. The molecule has 0 radical (unpaired) electrons. The topological polar surface area (TPSA) is 25.8 Å². The van der Waals surface area contributed by atoms with Gasteiger partial charge in [0.1, 0.15) is 0 Å². The second-order valence-corrected chi connectivity index (χ2v) is 6.79. The molecule has 0 fully saturated rings. The molecular formula is C23H24F2N2. The summed E-state index contributed by atoms with van der Waals surface area (Å²) >= 11 is 0. The molecule has 4 heteroatoms. The smallest absolute Gasteiger partial charge is 0.159 e. The number of nitrogens with zero attached hydrogens (tertiary/aromatic N) is 2. The number of benzene rings is 2. The molecule has 0 spiro atoms. The zero-order valence-electron chi connectivity index (χ0n) is 15.6. The Morgan fingerprint density at radius 3 is 2.00 bits per heavy atom. The Bertz CT molecular complexity index is 859. The van der Waals surface area contributed by atoms with Gasteiger partial charge in [0.05, 0.1) is 0 Å². The number of unbranched alkanes of at least 4 members (excludes halogenated alkanes) is 4. The van der Waals surface area contributed by atoms with Gasteiger partial charge in [0.25, 0.3) is 0 Å². The predicted molar refractivity (Wildman–Crippen MR) is 105 cm³/mol. The van der Waals surface area contributed by atoms with Crippen LogP contribution in [0.4, 0.5) is 8.78 Å². The largest absolute Gasteiger partial charge is 0.236 e. The standard InChI is InChI=1S/C23H24F2N2/c1-2-3-4-5-6-7-17-15-26-23(27-16-17)19-10-8-18(9-11-19)20-12-13-21(24)22(25)14-20/h8-16H,2-7H2,1H3. The van der Waals surface area contributed by atoms with Crippen molar-refractivity contribution in [1.29, 1.82) is 0 Å². The molecule has 0 N–H and O–H groups in total. The first-order valence-electron chi connectivity index (χ1n) is 9.54. The van der Waals surface area contributed by atoms with Crippen LogP contribution in [0.15, 0.2) is 54.9 Å². The highest BCUT2D eigenvalue weighted by molar-refractivity contribution is 5.67. The van der Waals surface area contributed by atoms with Crippen molar-refractivity contribution in [1.82, 2.24) is 9.97 Å².